The van der Waals surface area contributed by atoms with Crippen LogP contribution in [-0.2, 0) is 21.3 Å². The number of carbonyl (C=O) groups is 2. The highest BCUT2D eigenvalue weighted by Crippen LogP contribution is 2.44. The molecule has 1 saturated heterocycles. The van der Waals surface area contributed by atoms with E-state index in [1.807, 2.05) is 55.8 Å². The van der Waals surface area contributed by atoms with E-state index in [2.05, 4.69) is 21.3 Å². The minimum atomic E-state index is -1.06. The molecule has 1 fully saturated rings. The molecule has 10 nitrogen and oxygen atoms in total. The monoisotopic (exact) mass is 606 g/mol. The lowest BCUT2D eigenvalue weighted by Gasteiger charge is -2.39. The van der Waals surface area contributed by atoms with Crippen LogP contribution in [0.15, 0.2) is 49.1 Å². The zero-order valence-corrected chi connectivity index (χ0v) is 26.3. The summed E-state index contributed by atoms with van der Waals surface area (Å²) in [5.41, 5.74) is 4.35. The van der Waals surface area contributed by atoms with Crippen molar-refractivity contribution < 1.29 is 19.1 Å². The lowest BCUT2D eigenvalue weighted by Crippen LogP contribution is -2.50. The third-order valence-corrected chi connectivity index (χ3v) is 8.36. The van der Waals surface area contributed by atoms with Gasteiger partial charge in [0.25, 0.3) is 5.91 Å². The van der Waals surface area contributed by atoms with E-state index in [4.69, 9.17) is 26.1 Å². The minimum Gasteiger partial charge on any atom is -0.447 e. The summed E-state index contributed by atoms with van der Waals surface area (Å²) in [4.78, 5) is 39.5. The molecule has 2 unspecified atom stereocenters. The van der Waals surface area contributed by atoms with Crippen LogP contribution in [0.4, 0.5) is 4.79 Å². The lowest BCUT2D eigenvalue weighted by molar-refractivity contribution is -0.140. The number of aromatic nitrogens is 3. The maximum Gasteiger partial charge on any atom is 0.410 e. The number of nitrogens with one attached hydrogen (secondary N) is 1. The van der Waals surface area contributed by atoms with Crippen LogP contribution in [0.5, 0.6) is 0 Å². The molecule has 2 aromatic heterocycles. The molecule has 43 heavy (non-hydrogen) atoms. The molecule has 1 aliphatic carbocycles. The Bertz CT molecular complexity index is 1530. The number of benzene rings is 1. The molecule has 1 aromatic carbocycles. The van der Waals surface area contributed by atoms with Crippen LogP contribution in [0.25, 0.3) is 11.6 Å². The van der Waals surface area contributed by atoms with Gasteiger partial charge >= 0.3 is 6.09 Å². The summed E-state index contributed by atoms with van der Waals surface area (Å²) in [5, 5.41) is 3.82. The number of fused-ring (bicyclic) bond motifs is 2. The van der Waals surface area contributed by atoms with Gasteiger partial charge in [0.2, 0.25) is 0 Å². The van der Waals surface area contributed by atoms with Gasteiger partial charge in [0, 0.05) is 51.6 Å². The predicted octanol–water partition coefficient (Wildman–Crippen LogP) is 4.86. The summed E-state index contributed by atoms with van der Waals surface area (Å²) in [5.74, 6) is -0.262. The number of rotatable bonds is 7. The summed E-state index contributed by atoms with van der Waals surface area (Å²) >= 11 is 6.66. The molecule has 0 spiro atoms. The molecule has 1 N–H and O–H groups in total. The molecule has 2 aliphatic rings. The zero-order valence-electron chi connectivity index (χ0n) is 25.5. The first kappa shape index (κ1) is 30.7. The molecule has 0 radical (unpaired) electrons. The first-order chi connectivity index (χ1) is 20.5. The van der Waals surface area contributed by atoms with Crippen molar-refractivity contribution in [2.24, 2.45) is 7.05 Å². The zero-order chi connectivity index (χ0) is 30.9. The number of amides is 2. The number of hydrogen-bond acceptors (Lipinski definition) is 7. The summed E-state index contributed by atoms with van der Waals surface area (Å²) in [6, 6.07) is 9.06. The van der Waals surface area contributed by atoms with Gasteiger partial charge in [0.05, 0.1) is 42.1 Å². The Balaban J connectivity index is 1.61. The van der Waals surface area contributed by atoms with Crippen molar-refractivity contribution in [1.29, 1.82) is 0 Å². The van der Waals surface area contributed by atoms with Gasteiger partial charge in [-0.05, 0) is 74.2 Å². The minimum absolute atomic E-state index is 0.174. The number of aryl methyl sites for hydroxylation is 1. The maximum absolute atomic E-state index is 13.5. The van der Waals surface area contributed by atoms with Crippen molar-refractivity contribution >= 4 is 35.3 Å². The number of nitrogens with zero attached hydrogens (tertiary/aromatic N) is 5. The Labute approximate surface area is 257 Å². The molecule has 11 heteroatoms. The van der Waals surface area contributed by atoms with Crippen molar-refractivity contribution in [2.75, 3.05) is 33.3 Å². The molecule has 228 valence electrons. The third-order valence-electron chi connectivity index (χ3n) is 8.13. The second-order valence-corrected chi connectivity index (χ2v) is 12.2. The fourth-order valence-corrected chi connectivity index (χ4v) is 5.76. The van der Waals surface area contributed by atoms with Gasteiger partial charge in [-0.1, -0.05) is 23.7 Å². The van der Waals surface area contributed by atoms with Gasteiger partial charge in [-0.2, -0.15) is 0 Å². The molecular formula is C32H39ClN6O4. The van der Waals surface area contributed by atoms with Gasteiger partial charge in [-0.3, -0.25) is 14.7 Å². The second-order valence-electron chi connectivity index (χ2n) is 11.7. The van der Waals surface area contributed by atoms with Crippen LogP contribution in [0.2, 0.25) is 5.02 Å². The smallest absolute Gasteiger partial charge is 0.410 e. The van der Waals surface area contributed by atoms with E-state index in [1.54, 1.807) is 37.5 Å². The molecule has 1 aliphatic heterocycles. The van der Waals surface area contributed by atoms with Crippen molar-refractivity contribution in [2.45, 2.75) is 51.5 Å². The number of ether oxygens (including phenoxy) is 2. The quantitative estimate of drug-likeness (QED) is 0.410. The van der Waals surface area contributed by atoms with Crippen molar-refractivity contribution in [1.82, 2.24) is 29.7 Å². The first-order valence-corrected chi connectivity index (χ1v) is 14.9. The van der Waals surface area contributed by atoms with E-state index in [0.29, 0.717) is 31.2 Å². The molecular weight excluding hydrogens is 568 g/mol. The molecule has 3 heterocycles. The topological polar surface area (TPSA) is 102 Å². The Morgan fingerprint density at radius 1 is 1.14 bits per heavy atom. The number of carbonyl (C=O) groups excluding carboxylic acids is 2. The molecule has 2 atom stereocenters. The van der Waals surface area contributed by atoms with Crippen LogP contribution in [0.3, 0.4) is 0 Å². The average molecular weight is 607 g/mol. The molecule has 0 saturated carbocycles. The van der Waals surface area contributed by atoms with Crippen molar-refractivity contribution in [3.8, 4) is 0 Å². The number of methoxy groups -OCH3 is 1. The van der Waals surface area contributed by atoms with Crippen LogP contribution in [-0.4, -0.2) is 81.3 Å². The van der Waals surface area contributed by atoms with Crippen molar-refractivity contribution in [3.63, 3.8) is 0 Å². The van der Waals surface area contributed by atoms with E-state index in [-0.39, 0.29) is 24.1 Å². The molecule has 2 amide bonds. The summed E-state index contributed by atoms with van der Waals surface area (Å²) < 4.78 is 12.9. The van der Waals surface area contributed by atoms with Gasteiger partial charge in [0.1, 0.15) is 5.60 Å². The summed E-state index contributed by atoms with van der Waals surface area (Å²) in [7, 11) is 3.43. The SMILES string of the molecule is COC(C)(C)C(=O)NC(C1=Cc2cccnc2C(N2CCN(C(=O)OC(C)C)CC2)c2ccc(Cl)cc21)c1cncn1C. The highest BCUT2D eigenvalue weighted by Gasteiger charge is 2.37. The van der Waals surface area contributed by atoms with Crippen LogP contribution >= 0.6 is 11.6 Å². The van der Waals surface area contributed by atoms with Gasteiger partial charge in [-0.25, -0.2) is 9.78 Å². The number of hydrogen-bond donors (Lipinski definition) is 1. The fourth-order valence-electron chi connectivity index (χ4n) is 5.59. The maximum atomic E-state index is 13.5. The van der Waals surface area contributed by atoms with Crippen LogP contribution < -0.4 is 5.32 Å². The van der Waals surface area contributed by atoms with Gasteiger partial charge in [-0.15, -0.1) is 0 Å². The lowest BCUT2D eigenvalue weighted by atomic mass is 9.89. The Morgan fingerprint density at radius 3 is 2.53 bits per heavy atom. The Morgan fingerprint density at radius 2 is 1.88 bits per heavy atom. The number of imidazole rings is 1. The van der Waals surface area contributed by atoms with E-state index in [9.17, 15) is 9.59 Å². The van der Waals surface area contributed by atoms with E-state index in [0.717, 1.165) is 33.7 Å². The highest BCUT2D eigenvalue weighted by atomic mass is 35.5. The highest BCUT2D eigenvalue weighted by molar-refractivity contribution is 6.30. The number of halogens is 1. The third kappa shape index (κ3) is 6.32. The number of piperazine rings is 1. The number of pyridine rings is 1. The van der Waals surface area contributed by atoms with E-state index >= 15 is 0 Å². The average Bonchev–Trinajstić information content (AvgIpc) is 3.35. The molecule has 3 aromatic rings. The largest absolute Gasteiger partial charge is 0.447 e. The van der Waals surface area contributed by atoms with Crippen molar-refractivity contribution in [3.05, 3.63) is 82.2 Å². The first-order valence-electron chi connectivity index (χ1n) is 14.5. The Kier molecular flexibility index (Phi) is 8.91. The van der Waals surface area contributed by atoms with E-state index < -0.39 is 11.6 Å². The summed E-state index contributed by atoms with van der Waals surface area (Å²) in [6.45, 7) is 9.52. The summed E-state index contributed by atoms with van der Waals surface area (Å²) in [6.07, 6.45) is 6.90. The van der Waals surface area contributed by atoms with Crippen LogP contribution in [0.1, 0.15) is 67.9 Å². The standard InChI is InChI=1S/C32H39ClN6O4/c1-20(2)43-31(41)39-14-12-38(13-15-39)29-23-10-9-22(33)17-24(23)25(16-21-8-7-11-35-27(21)29)28(26-18-34-19-37(26)5)36-30(40)32(3,4)42-6/h7-11,16-20,28-29H,12-15H2,1-6H3,(H,36,40). The van der Waals surface area contributed by atoms with Gasteiger partial charge in [0.15, 0.2) is 0 Å². The van der Waals surface area contributed by atoms with E-state index in [1.165, 1.54) is 7.11 Å². The molecule has 0 bridgehead atoms. The molecule has 5 rings (SSSR count). The fraction of sp³-hybridized carbons (Fsp3) is 0.438. The predicted molar refractivity (Wildman–Crippen MR) is 165 cm³/mol. The Hall–Kier alpha value is -3.73. The van der Waals surface area contributed by atoms with Crippen LogP contribution in [0, 0.1) is 0 Å². The van der Waals surface area contributed by atoms with Gasteiger partial charge < -0.3 is 24.3 Å². The second kappa shape index (κ2) is 12.5. The normalized spacial score (nSPS) is 17.9.